The minimum atomic E-state index is 0.535. The molecule has 1 saturated heterocycles. The van der Waals surface area contributed by atoms with Gasteiger partial charge in [0.2, 0.25) is 0 Å². The van der Waals surface area contributed by atoms with E-state index in [4.69, 9.17) is 5.73 Å². The van der Waals surface area contributed by atoms with Gasteiger partial charge in [0.1, 0.15) is 0 Å². The van der Waals surface area contributed by atoms with Gasteiger partial charge in [-0.25, -0.2) is 0 Å². The molecule has 0 atom stereocenters. The summed E-state index contributed by atoms with van der Waals surface area (Å²) in [4.78, 5) is 2.53. The van der Waals surface area contributed by atoms with E-state index in [1.54, 1.807) is 0 Å². The number of rotatable bonds is 3. The van der Waals surface area contributed by atoms with Gasteiger partial charge >= 0.3 is 0 Å². The highest BCUT2D eigenvalue weighted by Gasteiger charge is 2.23. The minimum Gasteiger partial charge on any atom is -0.396 e. The van der Waals surface area contributed by atoms with Gasteiger partial charge in [0.05, 0.1) is 17.4 Å². The number of hydrogen-bond acceptors (Lipinski definition) is 3. The molecule has 0 radical (unpaired) electrons. The van der Waals surface area contributed by atoms with E-state index in [1.807, 2.05) is 6.20 Å². The Labute approximate surface area is 104 Å². The molecule has 4 nitrogen and oxygen atoms in total. The SMILES string of the molecule is CCc1nn(C2CCN(C(C)C)CC2)cc1N. The third-order valence-corrected chi connectivity index (χ3v) is 3.78. The van der Waals surface area contributed by atoms with Gasteiger partial charge in [-0.15, -0.1) is 0 Å². The number of piperidine rings is 1. The fraction of sp³-hybridized carbons (Fsp3) is 0.769. The summed E-state index contributed by atoms with van der Waals surface area (Å²) >= 11 is 0. The molecule has 2 heterocycles. The first kappa shape index (κ1) is 12.4. The Balaban J connectivity index is 2.00. The lowest BCUT2D eigenvalue weighted by Crippen LogP contribution is -2.39. The maximum absolute atomic E-state index is 5.94. The van der Waals surface area contributed by atoms with E-state index in [1.165, 1.54) is 25.9 Å². The summed E-state index contributed by atoms with van der Waals surface area (Å²) in [6.07, 6.45) is 5.29. The molecule has 1 aliphatic heterocycles. The van der Waals surface area contributed by atoms with Crippen LogP contribution in [0.4, 0.5) is 5.69 Å². The van der Waals surface area contributed by atoms with Crippen molar-refractivity contribution in [2.45, 2.75) is 52.1 Å². The van der Waals surface area contributed by atoms with E-state index in [2.05, 4.69) is 35.5 Å². The second-order valence-corrected chi connectivity index (χ2v) is 5.23. The molecule has 4 heteroatoms. The highest BCUT2D eigenvalue weighted by Crippen LogP contribution is 2.24. The molecule has 1 aromatic heterocycles. The van der Waals surface area contributed by atoms with Gasteiger partial charge in [0.15, 0.2) is 0 Å². The standard InChI is InChI=1S/C13H24N4/c1-4-13-12(14)9-17(15-13)11-5-7-16(8-6-11)10(2)3/h9-11H,4-8,14H2,1-3H3. The van der Waals surface area contributed by atoms with E-state index in [0.717, 1.165) is 17.8 Å². The van der Waals surface area contributed by atoms with Crippen LogP contribution in [0.15, 0.2) is 6.20 Å². The summed E-state index contributed by atoms with van der Waals surface area (Å²) in [6, 6.07) is 1.19. The molecular formula is C13H24N4. The summed E-state index contributed by atoms with van der Waals surface area (Å²) in [5.41, 5.74) is 7.82. The van der Waals surface area contributed by atoms with Gasteiger partial charge in [0.25, 0.3) is 0 Å². The molecule has 2 rings (SSSR count). The minimum absolute atomic E-state index is 0.535. The number of hydrogen-bond donors (Lipinski definition) is 1. The summed E-state index contributed by atoms with van der Waals surface area (Å²) in [5, 5.41) is 4.59. The number of nitrogen functional groups attached to an aromatic ring is 1. The maximum Gasteiger partial charge on any atom is 0.0851 e. The average molecular weight is 236 g/mol. The number of likely N-dealkylation sites (tertiary alicyclic amines) is 1. The predicted octanol–water partition coefficient (Wildman–Crippen LogP) is 2.07. The molecule has 0 aromatic carbocycles. The molecule has 0 saturated carbocycles. The van der Waals surface area contributed by atoms with Crippen LogP contribution in [-0.4, -0.2) is 33.8 Å². The molecule has 1 aromatic rings. The lowest BCUT2D eigenvalue weighted by Gasteiger charge is -2.34. The van der Waals surface area contributed by atoms with E-state index < -0.39 is 0 Å². The molecule has 0 spiro atoms. The van der Waals surface area contributed by atoms with Crippen molar-refractivity contribution in [1.82, 2.24) is 14.7 Å². The van der Waals surface area contributed by atoms with Crippen LogP contribution in [0.25, 0.3) is 0 Å². The number of anilines is 1. The third kappa shape index (κ3) is 2.63. The van der Waals surface area contributed by atoms with Gasteiger partial charge < -0.3 is 10.6 Å². The maximum atomic E-state index is 5.94. The molecule has 0 aliphatic carbocycles. The summed E-state index contributed by atoms with van der Waals surface area (Å²) in [7, 11) is 0. The molecule has 17 heavy (non-hydrogen) atoms. The van der Waals surface area contributed by atoms with Crippen LogP contribution < -0.4 is 5.73 Å². The molecule has 2 N–H and O–H groups in total. The average Bonchev–Trinajstić information content (AvgIpc) is 2.70. The van der Waals surface area contributed by atoms with Crippen molar-refractivity contribution in [2.24, 2.45) is 0 Å². The zero-order valence-corrected chi connectivity index (χ0v) is 11.2. The Bertz CT molecular complexity index is 361. The summed E-state index contributed by atoms with van der Waals surface area (Å²) in [6.45, 7) is 8.97. The van der Waals surface area contributed by atoms with Crippen LogP contribution in [0, 0.1) is 0 Å². The second-order valence-electron chi connectivity index (χ2n) is 5.23. The third-order valence-electron chi connectivity index (χ3n) is 3.78. The summed E-state index contributed by atoms with van der Waals surface area (Å²) < 4.78 is 2.09. The Morgan fingerprint density at radius 2 is 2.06 bits per heavy atom. The van der Waals surface area contributed by atoms with Crippen LogP contribution in [0.1, 0.15) is 45.3 Å². The van der Waals surface area contributed by atoms with E-state index in [0.29, 0.717) is 12.1 Å². The number of nitrogens with two attached hydrogens (primary N) is 1. The molecule has 0 bridgehead atoms. The number of aromatic nitrogens is 2. The zero-order chi connectivity index (χ0) is 12.4. The van der Waals surface area contributed by atoms with Crippen molar-refractivity contribution >= 4 is 5.69 Å². The van der Waals surface area contributed by atoms with Crippen molar-refractivity contribution in [2.75, 3.05) is 18.8 Å². The lowest BCUT2D eigenvalue weighted by molar-refractivity contribution is 0.147. The molecule has 1 aliphatic rings. The quantitative estimate of drug-likeness (QED) is 0.874. The van der Waals surface area contributed by atoms with Crippen molar-refractivity contribution in [3.63, 3.8) is 0 Å². The zero-order valence-electron chi connectivity index (χ0n) is 11.2. The van der Waals surface area contributed by atoms with Gasteiger partial charge in [-0.3, -0.25) is 4.68 Å². The first-order valence-corrected chi connectivity index (χ1v) is 6.69. The first-order chi connectivity index (χ1) is 8.11. The highest BCUT2D eigenvalue weighted by molar-refractivity contribution is 5.40. The highest BCUT2D eigenvalue weighted by atomic mass is 15.3. The predicted molar refractivity (Wildman–Crippen MR) is 71.0 cm³/mol. The van der Waals surface area contributed by atoms with Gasteiger partial charge in [-0.2, -0.15) is 5.10 Å². The van der Waals surface area contributed by atoms with Crippen molar-refractivity contribution in [3.8, 4) is 0 Å². The Kier molecular flexibility index (Phi) is 3.72. The van der Waals surface area contributed by atoms with Gasteiger partial charge in [-0.05, 0) is 33.1 Å². The monoisotopic (exact) mass is 236 g/mol. The Morgan fingerprint density at radius 1 is 1.41 bits per heavy atom. The first-order valence-electron chi connectivity index (χ1n) is 6.69. The topological polar surface area (TPSA) is 47.1 Å². The Hall–Kier alpha value is -1.03. The molecule has 96 valence electrons. The van der Waals surface area contributed by atoms with Crippen LogP contribution >= 0.6 is 0 Å². The number of nitrogens with zero attached hydrogens (tertiary/aromatic N) is 3. The largest absolute Gasteiger partial charge is 0.396 e. The van der Waals surface area contributed by atoms with E-state index in [9.17, 15) is 0 Å². The lowest BCUT2D eigenvalue weighted by atomic mass is 10.0. The normalized spacial score (nSPS) is 19.1. The van der Waals surface area contributed by atoms with E-state index >= 15 is 0 Å². The molecule has 0 unspecified atom stereocenters. The van der Waals surface area contributed by atoms with Crippen LogP contribution in [0.5, 0.6) is 0 Å². The second kappa shape index (κ2) is 5.08. The van der Waals surface area contributed by atoms with Gasteiger partial charge in [0, 0.05) is 25.3 Å². The van der Waals surface area contributed by atoms with Crippen molar-refractivity contribution < 1.29 is 0 Å². The molecular weight excluding hydrogens is 212 g/mol. The van der Waals surface area contributed by atoms with Crippen molar-refractivity contribution in [1.29, 1.82) is 0 Å². The smallest absolute Gasteiger partial charge is 0.0851 e. The van der Waals surface area contributed by atoms with Crippen molar-refractivity contribution in [3.05, 3.63) is 11.9 Å². The van der Waals surface area contributed by atoms with Crippen LogP contribution in [0.2, 0.25) is 0 Å². The summed E-state index contributed by atoms with van der Waals surface area (Å²) in [5.74, 6) is 0. The fourth-order valence-corrected chi connectivity index (χ4v) is 2.57. The Morgan fingerprint density at radius 3 is 2.53 bits per heavy atom. The number of aryl methyl sites for hydroxylation is 1. The van der Waals surface area contributed by atoms with Crippen LogP contribution in [-0.2, 0) is 6.42 Å². The fourth-order valence-electron chi connectivity index (χ4n) is 2.57. The van der Waals surface area contributed by atoms with Gasteiger partial charge in [-0.1, -0.05) is 6.92 Å². The van der Waals surface area contributed by atoms with E-state index in [-0.39, 0.29) is 0 Å². The van der Waals surface area contributed by atoms with Crippen LogP contribution in [0.3, 0.4) is 0 Å². The molecule has 1 fully saturated rings. The molecule has 0 amide bonds.